The zero-order valence-corrected chi connectivity index (χ0v) is 13.7. The average molecular weight is 299 g/mol. The van der Waals surface area contributed by atoms with Crippen LogP contribution in [-0.4, -0.2) is 47.0 Å². The maximum Gasteiger partial charge on any atom is 0.410 e. The van der Waals surface area contributed by atoms with Crippen LogP contribution in [0, 0.1) is 5.92 Å². The number of carbonyl (C=O) groups excluding carboxylic acids is 3. The molecule has 6 heteroatoms. The summed E-state index contributed by atoms with van der Waals surface area (Å²) in [6, 6.07) is 0. The van der Waals surface area contributed by atoms with E-state index in [1.165, 1.54) is 4.90 Å². The van der Waals surface area contributed by atoms with Crippen LogP contribution in [-0.2, 0) is 19.1 Å². The molecular weight excluding hydrogens is 274 g/mol. The van der Waals surface area contributed by atoms with Gasteiger partial charge >= 0.3 is 12.1 Å². The first-order valence-corrected chi connectivity index (χ1v) is 7.12. The molecule has 0 saturated carbocycles. The molecule has 1 rings (SSSR count). The summed E-state index contributed by atoms with van der Waals surface area (Å²) in [5.41, 5.74) is -1.23. The summed E-state index contributed by atoms with van der Waals surface area (Å²) in [6.45, 7) is 10.8. The number of Topliss-reactive ketones (excluding diaryl/α,β-unsaturated/α-hetero) is 1. The molecule has 0 radical (unpaired) electrons. The standard InChI is InChI=1S/C15H25NO5/c1-14(2,3)20-12(18)10-7-8-16(9-11(10)17)13(19)21-15(4,5)6/h10H,7-9H2,1-6H3. The van der Waals surface area contributed by atoms with Crippen LogP contribution in [0.1, 0.15) is 48.0 Å². The Labute approximate surface area is 125 Å². The minimum atomic E-state index is -0.789. The first-order chi connectivity index (χ1) is 9.39. The normalized spacial score (nSPS) is 20.2. The number of hydrogen-bond donors (Lipinski definition) is 0. The average Bonchev–Trinajstić information content (AvgIpc) is 2.23. The van der Waals surface area contributed by atoms with Gasteiger partial charge in [-0.05, 0) is 48.0 Å². The molecule has 0 N–H and O–H groups in total. The number of likely N-dealkylation sites (tertiary alicyclic amines) is 1. The number of nitrogens with zero attached hydrogens (tertiary/aromatic N) is 1. The maximum atomic E-state index is 12.1. The fourth-order valence-electron chi connectivity index (χ4n) is 1.93. The monoisotopic (exact) mass is 299 g/mol. The smallest absolute Gasteiger partial charge is 0.410 e. The molecule has 120 valence electrons. The van der Waals surface area contributed by atoms with Gasteiger partial charge in [-0.2, -0.15) is 0 Å². The van der Waals surface area contributed by atoms with Gasteiger partial charge in [0.2, 0.25) is 0 Å². The van der Waals surface area contributed by atoms with E-state index in [0.29, 0.717) is 6.54 Å². The summed E-state index contributed by atoms with van der Waals surface area (Å²) in [4.78, 5) is 37.2. The molecule has 0 aliphatic carbocycles. The van der Waals surface area contributed by atoms with Gasteiger partial charge in [0.15, 0.2) is 5.78 Å². The molecule has 1 atom stereocenters. The Balaban J connectivity index is 2.61. The number of amides is 1. The highest BCUT2D eigenvalue weighted by molar-refractivity contribution is 6.01. The molecule has 6 nitrogen and oxygen atoms in total. The van der Waals surface area contributed by atoms with Crippen LogP contribution in [0.2, 0.25) is 0 Å². The van der Waals surface area contributed by atoms with E-state index in [9.17, 15) is 14.4 Å². The minimum Gasteiger partial charge on any atom is -0.459 e. The highest BCUT2D eigenvalue weighted by Crippen LogP contribution is 2.20. The van der Waals surface area contributed by atoms with Crippen molar-refractivity contribution in [1.29, 1.82) is 0 Å². The lowest BCUT2D eigenvalue weighted by atomic mass is 9.95. The number of hydrogen-bond acceptors (Lipinski definition) is 5. The van der Waals surface area contributed by atoms with Crippen molar-refractivity contribution in [3.63, 3.8) is 0 Å². The predicted molar refractivity (Wildman–Crippen MR) is 76.8 cm³/mol. The third-order valence-electron chi connectivity index (χ3n) is 2.77. The Hall–Kier alpha value is -1.59. The van der Waals surface area contributed by atoms with Crippen molar-refractivity contribution in [2.24, 2.45) is 5.92 Å². The molecule has 1 saturated heterocycles. The molecule has 0 bridgehead atoms. The lowest BCUT2D eigenvalue weighted by Gasteiger charge is -2.32. The van der Waals surface area contributed by atoms with Gasteiger partial charge in [0, 0.05) is 6.54 Å². The van der Waals surface area contributed by atoms with Gasteiger partial charge in [-0.3, -0.25) is 9.59 Å². The molecule has 0 aromatic heterocycles. The zero-order valence-electron chi connectivity index (χ0n) is 13.7. The summed E-state index contributed by atoms with van der Waals surface area (Å²) < 4.78 is 10.4. The van der Waals surface area contributed by atoms with Gasteiger partial charge < -0.3 is 14.4 Å². The Morgan fingerprint density at radius 2 is 1.57 bits per heavy atom. The van der Waals surface area contributed by atoms with Crippen LogP contribution in [0.25, 0.3) is 0 Å². The molecule has 0 aromatic carbocycles. The summed E-state index contributed by atoms with van der Waals surface area (Å²) in [5.74, 6) is -1.61. The maximum absolute atomic E-state index is 12.1. The highest BCUT2D eigenvalue weighted by Gasteiger charge is 2.37. The first-order valence-electron chi connectivity index (χ1n) is 7.12. The fourth-order valence-corrected chi connectivity index (χ4v) is 1.93. The fraction of sp³-hybridized carbons (Fsp3) is 0.800. The molecule has 1 aliphatic rings. The van der Waals surface area contributed by atoms with E-state index < -0.39 is 29.2 Å². The molecule has 1 unspecified atom stereocenters. The number of ketones is 1. The number of rotatable bonds is 1. The predicted octanol–water partition coefficient (Wildman–Crippen LogP) is 2.15. The van der Waals surface area contributed by atoms with E-state index in [1.807, 2.05) is 0 Å². The van der Waals surface area contributed by atoms with E-state index in [-0.39, 0.29) is 18.7 Å². The van der Waals surface area contributed by atoms with Crippen LogP contribution in [0.15, 0.2) is 0 Å². The summed E-state index contributed by atoms with van der Waals surface area (Å²) >= 11 is 0. The van der Waals surface area contributed by atoms with E-state index in [2.05, 4.69) is 0 Å². The van der Waals surface area contributed by atoms with Crippen molar-refractivity contribution in [2.75, 3.05) is 13.1 Å². The van der Waals surface area contributed by atoms with Crippen molar-refractivity contribution < 1.29 is 23.9 Å². The zero-order chi connectivity index (χ0) is 16.4. The second-order valence-electron chi connectivity index (χ2n) is 7.24. The Morgan fingerprint density at radius 1 is 1.05 bits per heavy atom. The third kappa shape index (κ3) is 5.73. The Bertz CT molecular complexity index is 430. The van der Waals surface area contributed by atoms with Crippen LogP contribution in [0.4, 0.5) is 4.79 Å². The van der Waals surface area contributed by atoms with Gasteiger partial charge in [0.25, 0.3) is 0 Å². The molecule has 0 aromatic rings. The summed E-state index contributed by atoms with van der Waals surface area (Å²) in [5, 5.41) is 0. The van der Waals surface area contributed by atoms with Gasteiger partial charge in [-0.15, -0.1) is 0 Å². The Morgan fingerprint density at radius 3 is 2.00 bits per heavy atom. The second kappa shape index (κ2) is 6.03. The van der Waals surface area contributed by atoms with Gasteiger partial charge in [0.05, 0.1) is 6.54 Å². The van der Waals surface area contributed by atoms with Crippen molar-refractivity contribution in [2.45, 2.75) is 59.2 Å². The number of ether oxygens (including phenoxy) is 2. The largest absolute Gasteiger partial charge is 0.459 e. The van der Waals surface area contributed by atoms with Crippen LogP contribution >= 0.6 is 0 Å². The topological polar surface area (TPSA) is 72.9 Å². The molecule has 1 heterocycles. The molecule has 1 fully saturated rings. The first kappa shape index (κ1) is 17.5. The SMILES string of the molecule is CC(C)(C)OC(=O)C1CCN(C(=O)OC(C)(C)C)CC1=O. The number of carbonyl (C=O) groups is 3. The molecule has 1 aliphatic heterocycles. The Kier molecular flexibility index (Phi) is 5.02. The van der Waals surface area contributed by atoms with Crippen molar-refractivity contribution in [1.82, 2.24) is 4.90 Å². The third-order valence-corrected chi connectivity index (χ3v) is 2.77. The summed E-state index contributed by atoms with van der Waals surface area (Å²) in [6.07, 6.45) is -0.258. The van der Waals surface area contributed by atoms with Gasteiger partial charge in [-0.25, -0.2) is 4.79 Å². The number of esters is 1. The molecule has 1 amide bonds. The summed E-state index contributed by atoms with van der Waals surface area (Å²) in [7, 11) is 0. The molecule has 0 spiro atoms. The molecule has 21 heavy (non-hydrogen) atoms. The van der Waals surface area contributed by atoms with Crippen LogP contribution in [0.5, 0.6) is 0 Å². The number of piperidine rings is 1. The van der Waals surface area contributed by atoms with Crippen LogP contribution in [0.3, 0.4) is 0 Å². The van der Waals surface area contributed by atoms with Gasteiger partial charge in [-0.1, -0.05) is 0 Å². The highest BCUT2D eigenvalue weighted by atomic mass is 16.6. The van der Waals surface area contributed by atoms with E-state index in [4.69, 9.17) is 9.47 Å². The molecular formula is C15H25NO5. The van der Waals surface area contributed by atoms with E-state index >= 15 is 0 Å². The minimum absolute atomic E-state index is 0.112. The van der Waals surface area contributed by atoms with Gasteiger partial charge in [0.1, 0.15) is 17.1 Å². The van der Waals surface area contributed by atoms with Crippen molar-refractivity contribution in [3.05, 3.63) is 0 Å². The lowest BCUT2D eigenvalue weighted by molar-refractivity contribution is -0.163. The van der Waals surface area contributed by atoms with E-state index in [0.717, 1.165) is 0 Å². The van der Waals surface area contributed by atoms with Crippen molar-refractivity contribution in [3.8, 4) is 0 Å². The van der Waals surface area contributed by atoms with E-state index in [1.54, 1.807) is 41.5 Å². The second-order valence-corrected chi connectivity index (χ2v) is 7.24. The quantitative estimate of drug-likeness (QED) is 0.548. The van der Waals surface area contributed by atoms with Crippen LogP contribution < -0.4 is 0 Å². The lowest BCUT2D eigenvalue weighted by Crippen LogP contribution is -2.48. The van der Waals surface area contributed by atoms with Crippen molar-refractivity contribution >= 4 is 17.8 Å².